The number of benzene rings is 4. The number of rotatable bonds is 8. The zero-order valence-electron chi connectivity index (χ0n) is 20.4. The van der Waals surface area contributed by atoms with E-state index in [-0.39, 0.29) is 11.5 Å². The number of carbonyl (C=O) groups is 3. The predicted molar refractivity (Wildman–Crippen MR) is 153 cm³/mol. The lowest BCUT2D eigenvalue weighted by Crippen LogP contribution is -2.18. The number of ether oxygens (including phenoxy) is 3. The molecule has 4 rings (SSSR count). The minimum Gasteiger partial charge on any atom is -0.496 e. The van der Waals surface area contributed by atoms with Gasteiger partial charge in [0.2, 0.25) is 0 Å². The number of amides is 1. The van der Waals surface area contributed by atoms with Crippen molar-refractivity contribution in [3.63, 3.8) is 0 Å². The third kappa shape index (κ3) is 7.40. The van der Waals surface area contributed by atoms with Crippen LogP contribution in [0.3, 0.4) is 0 Å². The van der Waals surface area contributed by atoms with Gasteiger partial charge in [0.05, 0.1) is 30.0 Å². The molecule has 0 heterocycles. The standard InChI is InChI=1S/C29H20Br2N2O6/c1-37-24-5-3-2-4-23(24)27(34)33-32-17-18-6-15-25(38-28(35)19-7-11-21(30)12-8-19)26(16-18)39-29(36)20-9-13-22(31)14-10-20/h2-17H,1H3,(H,33,34)/b32-17-. The zero-order valence-corrected chi connectivity index (χ0v) is 23.6. The molecule has 0 atom stereocenters. The van der Waals surface area contributed by atoms with Crippen LogP contribution in [0.5, 0.6) is 17.2 Å². The second kappa shape index (κ2) is 13.0. The van der Waals surface area contributed by atoms with Crippen LogP contribution in [0.4, 0.5) is 0 Å². The highest BCUT2D eigenvalue weighted by Crippen LogP contribution is 2.30. The van der Waals surface area contributed by atoms with E-state index in [1.165, 1.54) is 25.5 Å². The van der Waals surface area contributed by atoms with E-state index in [4.69, 9.17) is 14.2 Å². The summed E-state index contributed by atoms with van der Waals surface area (Å²) in [6.07, 6.45) is 1.37. The molecule has 1 amide bonds. The van der Waals surface area contributed by atoms with Crippen LogP contribution >= 0.6 is 31.9 Å². The Morgan fingerprint density at radius 2 is 1.28 bits per heavy atom. The molecule has 0 aromatic heterocycles. The minimum absolute atomic E-state index is 0.00612. The number of hydrazone groups is 1. The first-order valence-electron chi connectivity index (χ1n) is 11.4. The Labute approximate surface area is 240 Å². The molecule has 0 bridgehead atoms. The van der Waals surface area contributed by atoms with E-state index in [0.717, 1.165) is 8.95 Å². The van der Waals surface area contributed by atoms with E-state index in [1.807, 2.05) is 0 Å². The summed E-state index contributed by atoms with van der Waals surface area (Å²) in [5, 5.41) is 3.99. The molecule has 4 aromatic rings. The summed E-state index contributed by atoms with van der Waals surface area (Å²) in [5.74, 6) is -1.32. The number of nitrogens with zero attached hydrogens (tertiary/aromatic N) is 1. The number of carbonyl (C=O) groups excluding carboxylic acids is 3. The zero-order chi connectivity index (χ0) is 27.8. The van der Waals surface area contributed by atoms with E-state index in [9.17, 15) is 14.4 Å². The third-order valence-electron chi connectivity index (χ3n) is 5.26. The highest BCUT2D eigenvalue weighted by atomic mass is 79.9. The SMILES string of the molecule is COc1ccccc1C(=O)N/N=C\c1ccc(OC(=O)c2ccc(Br)cc2)c(OC(=O)c2ccc(Br)cc2)c1. The van der Waals surface area contributed by atoms with Gasteiger partial charge in [-0.05, 0) is 84.4 Å². The lowest BCUT2D eigenvalue weighted by Gasteiger charge is -2.12. The molecule has 196 valence electrons. The fourth-order valence-corrected chi connectivity index (χ4v) is 3.85. The normalized spacial score (nSPS) is 10.6. The summed E-state index contributed by atoms with van der Waals surface area (Å²) < 4.78 is 17.9. The van der Waals surface area contributed by atoms with Gasteiger partial charge in [0.25, 0.3) is 5.91 Å². The number of methoxy groups -OCH3 is 1. The molecular weight excluding hydrogens is 632 g/mol. The van der Waals surface area contributed by atoms with Gasteiger partial charge in [-0.2, -0.15) is 5.10 Å². The molecule has 10 heteroatoms. The van der Waals surface area contributed by atoms with Gasteiger partial charge in [-0.15, -0.1) is 0 Å². The molecule has 0 unspecified atom stereocenters. The van der Waals surface area contributed by atoms with Crippen molar-refractivity contribution in [2.24, 2.45) is 5.10 Å². The maximum Gasteiger partial charge on any atom is 0.343 e. The van der Waals surface area contributed by atoms with Crippen molar-refractivity contribution in [3.8, 4) is 17.2 Å². The third-order valence-corrected chi connectivity index (χ3v) is 6.32. The average Bonchev–Trinajstić information content (AvgIpc) is 2.94. The Bertz CT molecular complexity index is 1540. The highest BCUT2D eigenvalue weighted by molar-refractivity contribution is 9.10. The lowest BCUT2D eigenvalue weighted by atomic mass is 10.2. The van der Waals surface area contributed by atoms with Crippen LogP contribution in [0.25, 0.3) is 0 Å². The minimum atomic E-state index is -0.651. The van der Waals surface area contributed by atoms with Gasteiger partial charge in [-0.1, -0.05) is 44.0 Å². The molecule has 0 spiro atoms. The second-order valence-electron chi connectivity index (χ2n) is 7.90. The van der Waals surface area contributed by atoms with Gasteiger partial charge < -0.3 is 14.2 Å². The molecule has 0 aliphatic heterocycles. The molecule has 0 fully saturated rings. The fourth-order valence-electron chi connectivity index (χ4n) is 3.32. The van der Waals surface area contributed by atoms with Crippen molar-refractivity contribution < 1.29 is 28.6 Å². The summed E-state index contributed by atoms with van der Waals surface area (Å²) in [7, 11) is 1.47. The Kier molecular flexibility index (Phi) is 9.24. The van der Waals surface area contributed by atoms with E-state index in [1.54, 1.807) is 78.9 Å². The van der Waals surface area contributed by atoms with Crippen LogP contribution in [0.2, 0.25) is 0 Å². The van der Waals surface area contributed by atoms with Crippen molar-refractivity contribution in [1.29, 1.82) is 0 Å². The summed E-state index contributed by atoms with van der Waals surface area (Å²) in [6, 6.07) is 24.5. The van der Waals surface area contributed by atoms with Crippen molar-refractivity contribution in [2.75, 3.05) is 7.11 Å². The monoisotopic (exact) mass is 650 g/mol. The largest absolute Gasteiger partial charge is 0.496 e. The predicted octanol–water partition coefficient (Wildman–Crippen LogP) is 6.42. The first-order valence-corrected chi connectivity index (χ1v) is 13.0. The van der Waals surface area contributed by atoms with Gasteiger partial charge in [-0.3, -0.25) is 4.79 Å². The molecule has 1 N–H and O–H groups in total. The van der Waals surface area contributed by atoms with Crippen LogP contribution in [0.15, 0.2) is 105 Å². The van der Waals surface area contributed by atoms with E-state index >= 15 is 0 Å². The van der Waals surface area contributed by atoms with Crippen molar-refractivity contribution in [3.05, 3.63) is 122 Å². The molecule has 39 heavy (non-hydrogen) atoms. The Morgan fingerprint density at radius 3 is 1.87 bits per heavy atom. The van der Waals surface area contributed by atoms with Crippen molar-refractivity contribution in [1.82, 2.24) is 5.43 Å². The Hall–Kier alpha value is -4.28. The van der Waals surface area contributed by atoms with Gasteiger partial charge >= 0.3 is 11.9 Å². The molecular formula is C29H20Br2N2O6. The quantitative estimate of drug-likeness (QED) is 0.102. The van der Waals surface area contributed by atoms with Gasteiger partial charge in [0.15, 0.2) is 11.5 Å². The molecule has 0 aliphatic carbocycles. The van der Waals surface area contributed by atoms with Gasteiger partial charge in [0.1, 0.15) is 5.75 Å². The lowest BCUT2D eigenvalue weighted by molar-refractivity contribution is 0.0682. The molecule has 0 saturated carbocycles. The maximum absolute atomic E-state index is 12.8. The van der Waals surface area contributed by atoms with Crippen LogP contribution in [0.1, 0.15) is 36.6 Å². The van der Waals surface area contributed by atoms with Gasteiger partial charge in [-0.25, -0.2) is 15.0 Å². The van der Waals surface area contributed by atoms with Crippen molar-refractivity contribution in [2.45, 2.75) is 0 Å². The number of esters is 2. The Balaban J connectivity index is 1.56. The number of para-hydroxylation sites is 1. The number of hydrogen-bond donors (Lipinski definition) is 1. The summed E-state index contributed by atoms with van der Waals surface area (Å²) in [4.78, 5) is 38.0. The number of nitrogens with one attached hydrogen (secondary N) is 1. The number of halogens is 2. The smallest absolute Gasteiger partial charge is 0.343 e. The van der Waals surface area contributed by atoms with Crippen LogP contribution < -0.4 is 19.6 Å². The summed E-state index contributed by atoms with van der Waals surface area (Å²) in [5.41, 5.74) is 3.83. The average molecular weight is 652 g/mol. The van der Waals surface area contributed by atoms with Crippen molar-refractivity contribution >= 4 is 55.9 Å². The highest BCUT2D eigenvalue weighted by Gasteiger charge is 2.17. The van der Waals surface area contributed by atoms with E-state index < -0.39 is 17.8 Å². The topological polar surface area (TPSA) is 103 Å². The van der Waals surface area contributed by atoms with E-state index in [2.05, 4.69) is 42.4 Å². The van der Waals surface area contributed by atoms with E-state index in [0.29, 0.717) is 28.0 Å². The van der Waals surface area contributed by atoms with Crippen LogP contribution in [-0.2, 0) is 0 Å². The van der Waals surface area contributed by atoms with Crippen LogP contribution in [0, 0.1) is 0 Å². The second-order valence-corrected chi connectivity index (χ2v) is 9.73. The molecule has 0 aliphatic rings. The molecule has 8 nitrogen and oxygen atoms in total. The molecule has 0 saturated heterocycles. The number of hydrogen-bond acceptors (Lipinski definition) is 7. The first-order chi connectivity index (χ1) is 18.8. The Morgan fingerprint density at radius 1 is 0.718 bits per heavy atom. The van der Waals surface area contributed by atoms with Crippen LogP contribution in [-0.4, -0.2) is 31.2 Å². The fraction of sp³-hybridized carbons (Fsp3) is 0.0345. The maximum atomic E-state index is 12.8. The molecule has 0 radical (unpaired) electrons. The van der Waals surface area contributed by atoms with Gasteiger partial charge in [0, 0.05) is 8.95 Å². The summed E-state index contributed by atoms with van der Waals surface area (Å²) >= 11 is 6.66. The first kappa shape index (κ1) is 27.7. The molecule has 4 aromatic carbocycles. The summed E-state index contributed by atoms with van der Waals surface area (Å²) in [6.45, 7) is 0.